The molecule has 0 aliphatic heterocycles. The monoisotopic (exact) mass is 372 g/mol. The average molecular weight is 373 g/mol. The van der Waals surface area contributed by atoms with Crippen molar-refractivity contribution < 1.29 is 24.9 Å². The summed E-state index contributed by atoms with van der Waals surface area (Å²) in [7, 11) is 1.50. The number of carbonyl (C=O) groups is 1. The van der Waals surface area contributed by atoms with Crippen LogP contribution in [0.2, 0.25) is 5.02 Å². The molecule has 0 bridgehead atoms. The minimum Gasteiger partial charge on any atom is -0.507 e. The average Bonchev–Trinajstić information content (AvgIpc) is 2.61. The number of ether oxygens (including phenoxy) is 1. The second-order valence-electron chi connectivity index (χ2n) is 6.35. The highest BCUT2D eigenvalue weighted by molar-refractivity contribution is 6.33. The molecule has 5 nitrogen and oxygen atoms in total. The molecule has 1 atom stereocenters. The van der Waals surface area contributed by atoms with Crippen molar-refractivity contribution in [2.45, 2.75) is 71.0 Å². The van der Waals surface area contributed by atoms with Crippen LogP contribution in [0, 0.1) is 6.92 Å². The predicted octanol–water partition coefficient (Wildman–Crippen LogP) is 4.50. The van der Waals surface area contributed by atoms with Crippen molar-refractivity contribution in [3.63, 3.8) is 0 Å². The Hall–Kier alpha value is -1.30. The van der Waals surface area contributed by atoms with Gasteiger partial charge in [-0.1, -0.05) is 43.7 Å². The van der Waals surface area contributed by atoms with Crippen molar-refractivity contribution in [3.05, 3.63) is 21.7 Å². The zero-order chi connectivity index (χ0) is 18.8. The van der Waals surface area contributed by atoms with E-state index in [0.29, 0.717) is 30.3 Å². The molecule has 1 rings (SSSR count). The predicted molar refractivity (Wildman–Crippen MR) is 98.6 cm³/mol. The molecule has 1 aromatic carbocycles. The summed E-state index contributed by atoms with van der Waals surface area (Å²) < 4.78 is 4.79. The van der Waals surface area contributed by atoms with Crippen LogP contribution in [0.15, 0.2) is 0 Å². The molecular formula is C19H29ClO5. The number of aliphatic hydroxyl groups is 1. The van der Waals surface area contributed by atoms with E-state index < -0.39 is 6.29 Å². The number of hydrogen-bond acceptors (Lipinski definition) is 5. The normalized spacial score (nSPS) is 12.3. The maximum atomic E-state index is 11.1. The molecule has 0 spiro atoms. The number of phenols is 2. The highest BCUT2D eigenvalue weighted by atomic mass is 35.5. The first-order valence-corrected chi connectivity index (χ1v) is 9.20. The van der Waals surface area contributed by atoms with Crippen LogP contribution in [-0.2, 0) is 11.2 Å². The van der Waals surface area contributed by atoms with Crippen LogP contribution in [0.4, 0.5) is 0 Å². The third-order valence-corrected chi connectivity index (χ3v) is 5.00. The molecule has 0 saturated carbocycles. The van der Waals surface area contributed by atoms with Gasteiger partial charge in [0.1, 0.15) is 11.5 Å². The first kappa shape index (κ1) is 21.7. The summed E-state index contributed by atoms with van der Waals surface area (Å²) >= 11 is 6.04. The topological polar surface area (TPSA) is 87.0 Å². The maximum Gasteiger partial charge on any atom is 0.154 e. The number of benzene rings is 1. The molecule has 3 N–H and O–H groups in total. The molecule has 142 valence electrons. The third kappa shape index (κ3) is 6.49. The minimum absolute atomic E-state index is 0.126. The lowest BCUT2D eigenvalue weighted by Crippen LogP contribution is -2.07. The lowest BCUT2D eigenvalue weighted by atomic mass is 9.98. The van der Waals surface area contributed by atoms with Crippen molar-refractivity contribution in [1.82, 2.24) is 0 Å². The van der Waals surface area contributed by atoms with Gasteiger partial charge < -0.3 is 20.1 Å². The van der Waals surface area contributed by atoms with E-state index in [9.17, 15) is 20.1 Å². The molecule has 0 amide bonds. The fraction of sp³-hybridized carbons (Fsp3) is 0.632. The number of hydrogen-bond donors (Lipinski definition) is 3. The van der Waals surface area contributed by atoms with Crippen molar-refractivity contribution in [3.8, 4) is 11.5 Å². The largest absolute Gasteiger partial charge is 0.507 e. The van der Waals surface area contributed by atoms with Gasteiger partial charge in [-0.15, -0.1) is 0 Å². The Balaban J connectivity index is 2.33. The molecule has 1 unspecified atom stereocenters. The molecule has 6 heteroatoms. The lowest BCUT2D eigenvalue weighted by molar-refractivity contribution is -0.0793. The number of rotatable bonds is 12. The van der Waals surface area contributed by atoms with E-state index in [2.05, 4.69) is 0 Å². The Morgan fingerprint density at radius 1 is 1.04 bits per heavy atom. The zero-order valence-corrected chi connectivity index (χ0v) is 15.8. The van der Waals surface area contributed by atoms with Gasteiger partial charge in [0, 0.05) is 12.7 Å². The Bertz CT molecular complexity index is 559. The van der Waals surface area contributed by atoms with Crippen LogP contribution >= 0.6 is 11.6 Å². The SMILES string of the molecule is COC(O)CCCCCCCCCc1c(O)c(Cl)c(C)c(C=O)c1O. The highest BCUT2D eigenvalue weighted by Crippen LogP contribution is 2.40. The summed E-state index contributed by atoms with van der Waals surface area (Å²) in [4.78, 5) is 11.1. The minimum atomic E-state index is -0.655. The first-order chi connectivity index (χ1) is 11.9. The number of unbranched alkanes of at least 4 members (excludes halogenated alkanes) is 6. The Labute approximate surface area is 154 Å². The van der Waals surface area contributed by atoms with Crippen molar-refractivity contribution >= 4 is 17.9 Å². The van der Waals surface area contributed by atoms with Crippen LogP contribution < -0.4 is 0 Å². The smallest absolute Gasteiger partial charge is 0.154 e. The molecule has 0 radical (unpaired) electrons. The van der Waals surface area contributed by atoms with Gasteiger partial charge in [-0.2, -0.15) is 0 Å². The van der Waals surface area contributed by atoms with Crippen LogP contribution in [-0.4, -0.2) is 35.0 Å². The van der Waals surface area contributed by atoms with Gasteiger partial charge in [-0.05, 0) is 38.2 Å². The number of carbonyl (C=O) groups excluding carboxylic acids is 1. The molecule has 0 aliphatic carbocycles. The van der Waals surface area contributed by atoms with Crippen LogP contribution in [0.3, 0.4) is 0 Å². The van der Waals surface area contributed by atoms with Gasteiger partial charge >= 0.3 is 0 Å². The quantitative estimate of drug-likeness (QED) is 0.285. The van der Waals surface area contributed by atoms with E-state index in [1.807, 2.05) is 0 Å². The van der Waals surface area contributed by atoms with E-state index in [4.69, 9.17) is 16.3 Å². The number of methoxy groups -OCH3 is 1. The summed E-state index contributed by atoms with van der Waals surface area (Å²) in [6.07, 6.45) is 8.15. The van der Waals surface area contributed by atoms with Crippen molar-refractivity contribution in [2.24, 2.45) is 0 Å². The number of aldehydes is 1. The van der Waals surface area contributed by atoms with Crippen LogP contribution in [0.1, 0.15) is 72.9 Å². The van der Waals surface area contributed by atoms with Gasteiger partial charge in [0.05, 0.1) is 10.6 Å². The fourth-order valence-electron chi connectivity index (χ4n) is 2.88. The summed E-state index contributed by atoms with van der Waals surface area (Å²) in [6, 6.07) is 0. The Morgan fingerprint density at radius 2 is 1.60 bits per heavy atom. The van der Waals surface area contributed by atoms with Gasteiger partial charge in [-0.25, -0.2) is 0 Å². The molecule has 25 heavy (non-hydrogen) atoms. The lowest BCUT2D eigenvalue weighted by Gasteiger charge is -2.13. The van der Waals surface area contributed by atoms with E-state index in [0.717, 1.165) is 44.9 Å². The Morgan fingerprint density at radius 3 is 2.16 bits per heavy atom. The van der Waals surface area contributed by atoms with Crippen LogP contribution in [0.25, 0.3) is 0 Å². The summed E-state index contributed by atoms with van der Waals surface area (Å²) in [5.74, 6) is -0.287. The molecule has 0 aliphatic rings. The van der Waals surface area contributed by atoms with Gasteiger partial charge in [0.15, 0.2) is 12.6 Å². The van der Waals surface area contributed by atoms with Gasteiger partial charge in [0.2, 0.25) is 0 Å². The second-order valence-corrected chi connectivity index (χ2v) is 6.73. The maximum absolute atomic E-state index is 11.1. The molecule has 1 aromatic rings. The van der Waals surface area contributed by atoms with Crippen LogP contribution in [0.5, 0.6) is 11.5 Å². The van der Waals surface area contributed by atoms with Gasteiger partial charge in [0.25, 0.3) is 0 Å². The van der Waals surface area contributed by atoms with E-state index in [1.165, 1.54) is 7.11 Å². The highest BCUT2D eigenvalue weighted by Gasteiger charge is 2.19. The summed E-state index contributed by atoms with van der Waals surface area (Å²) in [5.41, 5.74) is 0.899. The second kappa shape index (κ2) is 11.3. The van der Waals surface area contributed by atoms with E-state index in [-0.39, 0.29) is 22.1 Å². The van der Waals surface area contributed by atoms with Crippen molar-refractivity contribution in [2.75, 3.05) is 7.11 Å². The Kier molecular flexibility index (Phi) is 9.86. The molecular weight excluding hydrogens is 344 g/mol. The molecule has 0 aromatic heterocycles. The number of aromatic hydroxyl groups is 2. The molecule has 0 heterocycles. The van der Waals surface area contributed by atoms with E-state index >= 15 is 0 Å². The van der Waals surface area contributed by atoms with E-state index in [1.54, 1.807) is 6.92 Å². The number of phenolic OH excluding ortho intramolecular Hbond substituents is 2. The zero-order valence-electron chi connectivity index (χ0n) is 15.1. The molecule has 0 saturated heterocycles. The third-order valence-electron chi connectivity index (χ3n) is 4.54. The summed E-state index contributed by atoms with van der Waals surface area (Å²) in [5, 5.41) is 29.7. The number of halogens is 1. The number of aliphatic hydroxyl groups excluding tert-OH is 1. The first-order valence-electron chi connectivity index (χ1n) is 8.82. The molecule has 0 fully saturated rings. The summed E-state index contributed by atoms with van der Waals surface area (Å²) in [6.45, 7) is 1.60. The standard InChI is InChI=1S/C19H29ClO5/c1-13-15(12-21)18(23)14(19(24)17(13)20)10-8-6-4-3-5-7-9-11-16(22)25-2/h12,16,22-24H,3-11H2,1-2H3. The van der Waals surface area contributed by atoms with Gasteiger partial charge in [-0.3, -0.25) is 4.79 Å². The van der Waals surface area contributed by atoms with Crippen molar-refractivity contribution in [1.29, 1.82) is 0 Å². The fourth-order valence-corrected chi connectivity index (χ4v) is 3.10.